The van der Waals surface area contributed by atoms with Gasteiger partial charge in [-0.3, -0.25) is 0 Å². The lowest BCUT2D eigenvalue weighted by Crippen LogP contribution is -2.28. The van der Waals surface area contributed by atoms with E-state index < -0.39 is 0 Å². The van der Waals surface area contributed by atoms with Crippen molar-refractivity contribution < 1.29 is 0 Å². The Morgan fingerprint density at radius 2 is 2.10 bits per heavy atom. The first-order valence-electron chi connectivity index (χ1n) is 8.02. The van der Waals surface area contributed by atoms with Crippen molar-refractivity contribution in [2.24, 2.45) is 5.92 Å². The molecule has 0 amide bonds. The van der Waals surface area contributed by atoms with Gasteiger partial charge in [0.25, 0.3) is 0 Å². The van der Waals surface area contributed by atoms with Crippen LogP contribution in [0.15, 0.2) is 6.07 Å². The van der Waals surface area contributed by atoms with Crippen LogP contribution in [0, 0.1) is 19.8 Å². The fraction of sp³-hybridized carbons (Fsp3) is 0.706. The summed E-state index contributed by atoms with van der Waals surface area (Å²) < 4.78 is 0. The van der Waals surface area contributed by atoms with Crippen LogP contribution in [0.4, 0.5) is 5.82 Å². The lowest BCUT2D eigenvalue weighted by atomic mass is 9.98. The molecule has 1 atom stereocenters. The number of hydrogen-bond acceptors (Lipinski definition) is 3. The third-order valence-electron chi connectivity index (χ3n) is 4.53. The molecule has 0 spiro atoms. The van der Waals surface area contributed by atoms with Gasteiger partial charge in [-0.05, 0) is 57.7 Å². The number of aromatic nitrogens is 1. The fourth-order valence-electron chi connectivity index (χ4n) is 3.29. The number of nitrogens with zero attached hydrogens (tertiary/aromatic N) is 2. The van der Waals surface area contributed by atoms with Crippen molar-refractivity contribution in [3.63, 3.8) is 0 Å². The van der Waals surface area contributed by atoms with Gasteiger partial charge in [-0.1, -0.05) is 13.3 Å². The van der Waals surface area contributed by atoms with Crippen LogP contribution >= 0.6 is 0 Å². The lowest BCUT2D eigenvalue weighted by Gasteiger charge is -2.26. The van der Waals surface area contributed by atoms with E-state index in [2.05, 4.69) is 37.1 Å². The van der Waals surface area contributed by atoms with Crippen molar-refractivity contribution in [3.05, 3.63) is 22.9 Å². The monoisotopic (exact) mass is 275 g/mol. The van der Waals surface area contributed by atoms with E-state index in [0.717, 1.165) is 31.2 Å². The van der Waals surface area contributed by atoms with Crippen LogP contribution in [0.3, 0.4) is 0 Å². The quantitative estimate of drug-likeness (QED) is 0.912. The molecule has 112 valence electrons. The number of aryl methyl sites for hydroxylation is 2. The second-order valence-corrected chi connectivity index (χ2v) is 6.11. The molecule has 0 saturated carbocycles. The number of hydrogen-bond donors (Lipinski definition) is 1. The first-order chi connectivity index (χ1) is 9.65. The van der Waals surface area contributed by atoms with Gasteiger partial charge in [0, 0.05) is 30.9 Å². The second-order valence-electron chi connectivity index (χ2n) is 6.11. The molecule has 1 aliphatic heterocycles. The first-order valence-corrected chi connectivity index (χ1v) is 8.02. The van der Waals surface area contributed by atoms with E-state index in [9.17, 15) is 0 Å². The smallest absolute Gasteiger partial charge is 0.133 e. The highest BCUT2D eigenvalue weighted by Gasteiger charge is 2.20. The minimum Gasteiger partial charge on any atom is -0.356 e. The summed E-state index contributed by atoms with van der Waals surface area (Å²) in [5.41, 5.74) is 3.86. The molecule has 0 radical (unpaired) electrons. The molecule has 1 aromatic rings. The van der Waals surface area contributed by atoms with E-state index in [1.54, 1.807) is 0 Å². The van der Waals surface area contributed by atoms with Crippen molar-refractivity contribution >= 4 is 5.82 Å². The van der Waals surface area contributed by atoms with Crippen molar-refractivity contribution in [1.82, 2.24) is 10.3 Å². The Hall–Kier alpha value is -1.09. The van der Waals surface area contributed by atoms with Gasteiger partial charge in [-0.15, -0.1) is 0 Å². The molecule has 0 aliphatic carbocycles. The van der Waals surface area contributed by atoms with E-state index in [0.29, 0.717) is 0 Å². The van der Waals surface area contributed by atoms with Crippen LogP contribution in [0.5, 0.6) is 0 Å². The minimum atomic E-state index is 0.902. The number of rotatable bonds is 4. The molecule has 3 nitrogen and oxygen atoms in total. The average Bonchev–Trinajstić information content (AvgIpc) is 2.67. The molecule has 1 unspecified atom stereocenters. The van der Waals surface area contributed by atoms with Crippen LogP contribution in [0.1, 0.15) is 49.4 Å². The molecule has 0 bridgehead atoms. The number of pyridine rings is 1. The van der Waals surface area contributed by atoms with Crippen molar-refractivity contribution in [2.75, 3.05) is 25.0 Å². The molecule has 1 aromatic heterocycles. The Kier molecular flexibility index (Phi) is 5.41. The van der Waals surface area contributed by atoms with E-state index in [1.807, 2.05) is 7.05 Å². The maximum absolute atomic E-state index is 4.85. The van der Waals surface area contributed by atoms with E-state index in [4.69, 9.17) is 4.98 Å². The van der Waals surface area contributed by atoms with Gasteiger partial charge in [-0.2, -0.15) is 0 Å². The highest BCUT2D eigenvalue weighted by molar-refractivity contribution is 5.51. The molecular formula is C17H29N3. The van der Waals surface area contributed by atoms with Crippen LogP contribution < -0.4 is 10.2 Å². The molecular weight excluding hydrogens is 246 g/mol. The van der Waals surface area contributed by atoms with Gasteiger partial charge in [0.15, 0.2) is 0 Å². The summed E-state index contributed by atoms with van der Waals surface area (Å²) in [7, 11) is 2.01. The number of anilines is 1. The first kappa shape index (κ1) is 15.3. The predicted molar refractivity (Wildman–Crippen MR) is 86.3 cm³/mol. The third kappa shape index (κ3) is 3.51. The van der Waals surface area contributed by atoms with Gasteiger partial charge in [0.1, 0.15) is 5.82 Å². The summed E-state index contributed by atoms with van der Waals surface area (Å²) in [6, 6.07) is 2.20. The second kappa shape index (κ2) is 7.07. The Morgan fingerprint density at radius 1 is 1.30 bits per heavy atom. The maximum atomic E-state index is 4.85. The normalized spacial score (nSPS) is 20.0. The van der Waals surface area contributed by atoms with Crippen LogP contribution in [0.2, 0.25) is 0 Å². The Bertz CT molecular complexity index is 442. The summed E-state index contributed by atoms with van der Waals surface area (Å²) in [4.78, 5) is 7.37. The van der Waals surface area contributed by atoms with Crippen LogP contribution in [-0.2, 0) is 6.54 Å². The van der Waals surface area contributed by atoms with Crippen molar-refractivity contribution in [3.8, 4) is 0 Å². The largest absolute Gasteiger partial charge is 0.356 e. The highest BCUT2D eigenvalue weighted by Crippen LogP contribution is 2.27. The van der Waals surface area contributed by atoms with Gasteiger partial charge >= 0.3 is 0 Å². The molecule has 0 aromatic carbocycles. The highest BCUT2D eigenvalue weighted by atomic mass is 15.2. The molecule has 1 N–H and O–H groups in total. The van der Waals surface area contributed by atoms with E-state index in [1.165, 1.54) is 42.6 Å². The van der Waals surface area contributed by atoms with E-state index >= 15 is 0 Å². The molecule has 3 heteroatoms. The lowest BCUT2D eigenvalue weighted by molar-refractivity contribution is 0.459. The zero-order valence-electron chi connectivity index (χ0n) is 13.5. The molecule has 2 heterocycles. The molecule has 20 heavy (non-hydrogen) atoms. The van der Waals surface area contributed by atoms with Gasteiger partial charge in [0.05, 0.1) is 0 Å². The molecule has 1 aliphatic rings. The average molecular weight is 275 g/mol. The Balaban J connectivity index is 2.26. The summed E-state index contributed by atoms with van der Waals surface area (Å²) in [6.45, 7) is 9.85. The van der Waals surface area contributed by atoms with Crippen LogP contribution in [0.25, 0.3) is 0 Å². The van der Waals surface area contributed by atoms with Crippen LogP contribution in [-0.4, -0.2) is 25.1 Å². The van der Waals surface area contributed by atoms with E-state index in [-0.39, 0.29) is 0 Å². The summed E-state index contributed by atoms with van der Waals surface area (Å²) in [6.07, 6.45) is 5.30. The van der Waals surface area contributed by atoms with Gasteiger partial charge in [-0.25, -0.2) is 4.98 Å². The summed E-state index contributed by atoms with van der Waals surface area (Å²) in [5, 5.41) is 3.29. The zero-order valence-corrected chi connectivity index (χ0v) is 13.5. The minimum absolute atomic E-state index is 0.902. The standard InChI is InChI=1S/C17H29N3/c1-5-15-7-6-9-20(10-8-15)17-16(12-18-4)13(2)11-14(3)19-17/h11,15,18H,5-10,12H2,1-4H3. The third-order valence-corrected chi connectivity index (χ3v) is 4.53. The van der Waals surface area contributed by atoms with Gasteiger partial charge < -0.3 is 10.2 Å². The van der Waals surface area contributed by atoms with Crippen molar-refractivity contribution in [1.29, 1.82) is 0 Å². The van der Waals surface area contributed by atoms with Gasteiger partial charge in [0.2, 0.25) is 0 Å². The zero-order chi connectivity index (χ0) is 14.5. The predicted octanol–water partition coefficient (Wildman–Crippen LogP) is 3.43. The molecule has 1 fully saturated rings. The topological polar surface area (TPSA) is 28.2 Å². The molecule has 2 rings (SSSR count). The SMILES string of the molecule is CCC1CCCN(c2nc(C)cc(C)c2CNC)CC1. The number of nitrogens with one attached hydrogen (secondary N) is 1. The Labute approximate surface area is 123 Å². The Morgan fingerprint density at radius 3 is 2.80 bits per heavy atom. The summed E-state index contributed by atoms with van der Waals surface area (Å²) >= 11 is 0. The molecule has 1 saturated heterocycles. The fourth-order valence-corrected chi connectivity index (χ4v) is 3.29. The maximum Gasteiger partial charge on any atom is 0.133 e. The van der Waals surface area contributed by atoms with Crippen molar-refractivity contribution in [2.45, 2.75) is 53.0 Å². The summed E-state index contributed by atoms with van der Waals surface area (Å²) in [5.74, 6) is 2.12.